The van der Waals surface area contributed by atoms with Gasteiger partial charge in [-0.2, -0.15) is 5.26 Å². The average molecular weight is 544 g/mol. The summed E-state index contributed by atoms with van der Waals surface area (Å²) in [5.74, 6) is 0.528. The van der Waals surface area contributed by atoms with E-state index < -0.39 is 11.7 Å². The van der Waals surface area contributed by atoms with Crippen LogP contribution in [-0.4, -0.2) is 40.4 Å². The molecule has 1 atom stereocenters. The maximum atomic E-state index is 13.5. The summed E-state index contributed by atoms with van der Waals surface area (Å²) in [5, 5.41) is 14.4. The first-order valence-corrected chi connectivity index (χ1v) is 12.7. The van der Waals surface area contributed by atoms with Crippen molar-refractivity contribution in [2.75, 3.05) is 18.0 Å². The first-order valence-electron chi connectivity index (χ1n) is 11.1. The number of halogens is 1. The van der Waals surface area contributed by atoms with Gasteiger partial charge in [-0.15, -0.1) is 11.3 Å². The van der Waals surface area contributed by atoms with Crippen LogP contribution < -0.4 is 15.8 Å². The van der Waals surface area contributed by atoms with E-state index in [0.717, 1.165) is 22.9 Å². The van der Waals surface area contributed by atoms with Crippen LogP contribution in [0.5, 0.6) is 0 Å². The predicted molar refractivity (Wildman–Crippen MR) is 136 cm³/mol. The van der Waals surface area contributed by atoms with Gasteiger partial charge in [0.05, 0.1) is 22.7 Å². The zero-order valence-electron chi connectivity index (χ0n) is 19.3. The molecule has 0 unspecified atom stereocenters. The van der Waals surface area contributed by atoms with E-state index in [1.54, 1.807) is 16.7 Å². The Balaban J connectivity index is 1.70. The van der Waals surface area contributed by atoms with Crippen molar-refractivity contribution in [3.05, 3.63) is 55.6 Å². The molecule has 34 heavy (non-hydrogen) atoms. The molecule has 0 spiro atoms. The summed E-state index contributed by atoms with van der Waals surface area (Å²) < 4.78 is 8.39. The minimum Gasteiger partial charge on any atom is -0.444 e. The van der Waals surface area contributed by atoms with E-state index in [9.17, 15) is 14.9 Å². The molecular weight excluding hydrogens is 518 g/mol. The van der Waals surface area contributed by atoms with Gasteiger partial charge < -0.3 is 15.0 Å². The molecule has 0 radical (unpaired) electrons. The topological polar surface area (TPSA) is 100 Å². The number of hydrogen-bond donors (Lipinski definition) is 1. The number of anilines is 1. The fourth-order valence-corrected chi connectivity index (χ4v) is 5.54. The van der Waals surface area contributed by atoms with E-state index in [2.05, 4.69) is 27.3 Å². The summed E-state index contributed by atoms with van der Waals surface area (Å²) in [6, 6.07) is 9.33. The van der Waals surface area contributed by atoms with E-state index in [-0.39, 0.29) is 18.1 Å². The lowest BCUT2D eigenvalue weighted by molar-refractivity contribution is 0.0499. The number of carbonyl (C=O) groups excluding carboxylic acids is 1. The Morgan fingerprint density at radius 2 is 2.15 bits per heavy atom. The third-order valence-electron chi connectivity index (χ3n) is 5.51. The molecule has 3 aromatic rings. The fourth-order valence-electron chi connectivity index (χ4n) is 4.03. The molecule has 10 heteroatoms. The molecular formula is C24H26BrN5O3S. The largest absolute Gasteiger partial charge is 0.444 e. The number of nitrogens with zero attached hydrogens (tertiary/aromatic N) is 4. The van der Waals surface area contributed by atoms with Crippen molar-refractivity contribution < 1.29 is 9.53 Å². The summed E-state index contributed by atoms with van der Waals surface area (Å²) in [7, 11) is 0. The Hall–Kier alpha value is -2.90. The number of piperidine rings is 1. The molecule has 0 saturated carbocycles. The maximum Gasteiger partial charge on any atom is 0.407 e. The first kappa shape index (κ1) is 24.2. The van der Waals surface area contributed by atoms with Crippen LogP contribution in [0.4, 0.5) is 10.7 Å². The van der Waals surface area contributed by atoms with Crippen molar-refractivity contribution in [3.63, 3.8) is 0 Å². The summed E-state index contributed by atoms with van der Waals surface area (Å²) in [5.41, 5.74) is 1.18. The second-order valence-corrected chi connectivity index (χ2v) is 11.0. The summed E-state index contributed by atoms with van der Waals surface area (Å²) in [6.45, 7) is 6.92. The van der Waals surface area contributed by atoms with Gasteiger partial charge in [0.1, 0.15) is 15.8 Å². The van der Waals surface area contributed by atoms with E-state index in [1.165, 1.54) is 11.3 Å². The lowest BCUT2D eigenvalue weighted by Crippen LogP contribution is -2.50. The van der Waals surface area contributed by atoms with Crippen molar-refractivity contribution in [3.8, 4) is 6.07 Å². The Morgan fingerprint density at radius 1 is 1.38 bits per heavy atom. The molecule has 1 aromatic carbocycles. The highest BCUT2D eigenvalue weighted by Gasteiger charge is 2.28. The normalized spacial score (nSPS) is 16.3. The van der Waals surface area contributed by atoms with Crippen LogP contribution >= 0.6 is 27.3 Å². The van der Waals surface area contributed by atoms with Gasteiger partial charge in [-0.1, -0.05) is 18.2 Å². The van der Waals surface area contributed by atoms with Crippen molar-refractivity contribution in [2.45, 2.75) is 51.8 Å². The van der Waals surface area contributed by atoms with Crippen LogP contribution in [-0.2, 0) is 11.3 Å². The number of thiophene rings is 1. The van der Waals surface area contributed by atoms with E-state index in [0.29, 0.717) is 34.8 Å². The number of alkyl carbamates (subject to hydrolysis) is 1. The number of fused-ring (bicyclic) bond motifs is 1. The second-order valence-electron chi connectivity index (χ2n) is 9.26. The molecule has 1 fully saturated rings. The molecule has 8 nitrogen and oxygen atoms in total. The number of hydrogen-bond acceptors (Lipinski definition) is 7. The molecule has 1 amide bonds. The quantitative estimate of drug-likeness (QED) is 0.514. The lowest BCUT2D eigenvalue weighted by atomic mass is 10.1. The van der Waals surface area contributed by atoms with Gasteiger partial charge in [0.25, 0.3) is 5.56 Å². The van der Waals surface area contributed by atoms with Crippen LogP contribution in [0.3, 0.4) is 0 Å². The Labute approximate surface area is 210 Å². The number of benzene rings is 1. The molecule has 0 bridgehead atoms. The molecule has 1 N–H and O–H groups in total. The number of aromatic nitrogens is 2. The number of carbonyl (C=O) groups is 1. The minimum absolute atomic E-state index is 0.137. The highest BCUT2D eigenvalue weighted by molar-refractivity contribution is 9.10. The second kappa shape index (κ2) is 9.76. The smallest absolute Gasteiger partial charge is 0.407 e. The Bertz CT molecular complexity index is 1320. The monoisotopic (exact) mass is 543 g/mol. The molecule has 4 rings (SSSR count). The van der Waals surface area contributed by atoms with E-state index in [4.69, 9.17) is 9.72 Å². The van der Waals surface area contributed by atoms with Gasteiger partial charge in [-0.3, -0.25) is 9.36 Å². The molecule has 1 saturated heterocycles. The van der Waals surface area contributed by atoms with Crippen molar-refractivity contribution in [1.82, 2.24) is 14.9 Å². The summed E-state index contributed by atoms with van der Waals surface area (Å²) in [4.78, 5) is 32.8. The van der Waals surface area contributed by atoms with Gasteiger partial charge in [0.2, 0.25) is 5.95 Å². The van der Waals surface area contributed by atoms with Crippen LogP contribution in [0.15, 0.2) is 38.9 Å². The number of nitrogens with one attached hydrogen (secondary N) is 1. The highest BCUT2D eigenvalue weighted by atomic mass is 79.9. The van der Waals surface area contributed by atoms with Crippen LogP contribution in [0.25, 0.3) is 10.2 Å². The first-order chi connectivity index (χ1) is 16.2. The van der Waals surface area contributed by atoms with Gasteiger partial charge in [0, 0.05) is 24.5 Å². The fraction of sp³-hybridized carbons (Fsp3) is 0.417. The van der Waals surface area contributed by atoms with Crippen LogP contribution in [0.1, 0.15) is 44.7 Å². The molecule has 178 valence electrons. The zero-order chi connectivity index (χ0) is 24.5. The van der Waals surface area contributed by atoms with E-state index >= 15 is 0 Å². The van der Waals surface area contributed by atoms with Crippen LogP contribution in [0, 0.1) is 11.3 Å². The van der Waals surface area contributed by atoms with E-state index in [1.807, 2.05) is 43.2 Å². The average Bonchev–Trinajstić information content (AvgIpc) is 3.15. The molecule has 3 heterocycles. The van der Waals surface area contributed by atoms with Gasteiger partial charge >= 0.3 is 6.09 Å². The van der Waals surface area contributed by atoms with Gasteiger partial charge in [-0.05, 0) is 61.2 Å². The molecule has 0 aliphatic carbocycles. The van der Waals surface area contributed by atoms with Crippen molar-refractivity contribution in [1.29, 1.82) is 5.26 Å². The van der Waals surface area contributed by atoms with Crippen LogP contribution in [0.2, 0.25) is 0 Å². The van der Waals surface area contributed by atoms with Crippen molar-refractivity contribution >= 4 is 49.5 Å². The van der Waals surface area contributed by atoms with Gasteiger partial charge in [-0.25, -0.2) is 9.78 Å². The van der Waals surface area contributed by atoms with Gasteiger partial charge in [0.15, 0.2) is 0 Å². The number of amides is 1. The Morgan fingerprint density at radius 3 is 2.88 bits per heavy atom. The standard InChI is InChI=1S/C24H26BrN5O3S/c1-24(2,3)33-23(32)27-17-9-6-10-29(13-17)22-28-19-18(25)14-34-20(19)21(31)30(22)12-16-8-5-4-7-15(16)11-26/h4-5,7-8,14,17H,6,9-10,12-13H2,1-3H3,(H,27,32)/t17-/m1/s1. The Kier molecular flexibility index (Phi) is 6.96. The predicted octanol–water partition coefficient (Wildman–Crippen LogP) is 4.63. The third-order valence-corrected chi connectivity index (χ3v) is 7.37. The summed E-state index contributed by atoms with van der Waals surface area (Å²) in [6.07, 6.45) is 1.18. The molecule has 1 aliphatic heterocycles. The van der Waals surface area contributed by atoms with Crippen molar-refractivity contribution in [2.24, 2.45) is 0 Å². The molecule has 2 aromatic heterocycles. The number of ether oxygens (including phenoxy) is 1. The highest BCUT2D eigenvalue weighted by Crippen LogP contribution is 2.29. The number of nitriles is 1. The maximum absolute atomic E-state index is 13.5. The third kappa shape index (κ3) is 5.26. The number of rotatable bonds is 4. The molecule has 1 aliphatic rings. The summed E-state index contributed by atoms with van der Waals surface area (Å²) >= 11 is 4.86. The zero-order valence-corrected chi connectivity index (χ0v) is 21.7. The lowest BCUT2D eigenvalue weighted by Gasteiger charge is -2.35. The minimum atomic E-state index is -0.579. The SMILES string of the molecule is CC(C)(C)OC(=O)N[C@@H]1CCCN(c2nc3c(Br)csc3c(=O)n2Cc2ccccc2C#N)C1.